The average molecular weight is 700 g/mol. The number of carbonyl (C=O) groups excluding carboxylic acids is 2. The van der Waals surface area contributed by atoms with Crippen LogP contribution in [0.1, 0.15) is 45.7 Å². The van der Waals surface area contributed by atoms with Crippen LogP contribution in [0, 0.1) is 27.3 Å². The van der Waals surface area contributed by atoms with E-state index >= 15 is 0 Å². The van der Waals surface area contributed by atoms with Gasteiger partial charge in [0.1, 0.15) is 11.9 Å². The number of aliphatic hydroxyl groups is 1. The van der Waals surface area contributed by atoms with Crippen molar-refractivity contribution in [3.05, 3.63) is 106 Å². The zero-order valence-corrected chi connectivity index (χ0v) is 29.2. The summed E-state index contributed by atoms with van der Waals surface area (Å²) in [7, 11) is -4.20. The first-order chi connectivity index (χ1) is 23.0. The van der Waals surface area contributed by atoms with Crippen molar-refractivity contribution in [2.45, 2.75) is 70.7 Å². The van der Waals surface area contributed by atoms with Crippen molar-refractivity contribution in [1.29, 1.82) is 0 Å². The van der Waals surface area contributed by atoms with E-state index < -0.39 is 56.2 Å². The highest BCUT2D eigenvalue weighted by molar-refractivity contribution is 7.89. The maximum absolute atomic E-state index is 13.8. The van der Waals surface area contributed by atoms with Crippen LogP contribution in [0.5, 0.6) is 0 Å². The van der Waals surface area contributed by atoms with Crippen LogP contribution in [-0.2, 0) is 32.6 Å². The number of nitrogens with one attached hydrogen (secondary N) is 3. The second-order valence-corrected chi connectivity index (χ2v) is 15.4. The van der Waals surface area contributed by atoms with Crippen molar-refractivity contribution >= 4 is 27.5 Å². The van der Waals surface area contributed by atoms with Crippen LogP contribution in [-0.4, -0.2) is 72.4 Å². The molecular weight excluding hydrogens is 653 g/mol. The maximum atomic E-state index is 13.8. The van der Waals surface area contributed by atoms with E-state index in [0.29, 0.717) is 5.56 Å². The third kappa shape index (κ3) is 12.0. The van der Waals surface area contributed by atoms with E-state index in [4.69, 9.17) is 0 Å². The fourth-order valence-electron chi connectivity index (χ4n) is 5.17. The third-order valence-corrected chi connectivity index (χ3v) is 9.52. The minimum absolute atomic E-state index is 0.0334. The molecule has 0 heterocycles. The smallest absolute Gasteiger partial charge is 0.269 e. The van der Waals surface area contributed by atoms with Crippen molar-refractivity contribution in [3.63, 3.8) is 0 Å². The summed E-state index contributed by atoms with van der Waals surface area (Å²) >= 11 is 0. The molecule has 0 saturated heterocycles. The SMILES string of the molecule is CC(C)CN(CC(O)C(Cc1ccccc1)NC(=O)[C@@H](NC(=O)CNCc1cccc(F)c1)C(C)(C)C)S(=O)(=O)c1ccc([N+](=O)[O-])cc1. The van der Waals surface area contributed by atoms with Crippen LogP contribution in [0.4, 0.5) is 10.1 Å². The Morgan fingerprint density at radius 1 is 0.939 bits per heavy atom. The van der Waals surface area contributed by atoms with Crippen LogP contribution < -0.4 is 16.0 Å². The van der Waals surface area contributed by atoms with E-state index in [1.54, 1.807) is 45.0 Å². The van der Waals surface area contributed by atoms with Gasteiger partial charge in [-0.05, 0) is 53.1 Å². The second kappa shape index (κ2) is 17.4. The van der Waals surface area contributed by atoms with E-state index in [2.05, 4.69) is 16.0 Å². The molecule has 4 N–H and O–H groups in total. The third-order valence-electron chi connectivity index (χ3n) is 7.67. The molecule has 0 saturated carbocycles. The van der Waals surface area contributed by atoms with Gasteiger partial charge in [-0.25, -0.2) is 12.8 Å². The summed E-state index contributed by atoms with van der Waals surface area (Å²) in [5, 5.41) is 31.3. The average Bonchev–Trinajstić information content (AvgIpc) is 3.02. The number of nitro benzene ring substituents is 1. The van der Waals surface area contributed by atoms with Gasteiger partial charge in [-0.3, -0.25) is 19.7 Å². The molecule has 12 nitrogen and oxygen atoms in total. The zero-order chi connectivity index (χ0) is 36.4. The lowest BCUT2D eigenvalue weighted by Crippen LogP contribution is -2.59. The highest BCUT2D eigenvalue weighted by atomic mass is 32.2. The summed E-state index contributed by atoms with van der Waals surface area (Å²) in [5.74, 6) is -1.57. The van der Waals surface area contributed by atoms with Crippen LogP contribution in [0.2, 0.25) is 0 Å². The number of nitrogens with zero attached hydrogens (tertiary/aromatic N) is 2. The zero-order valence-electron chi connectivity index (χ0n) is 28.4. The molecule has 3 rings (SSSR count). The molecule has 266 valence electrons. The van der Waals surface area contributed by atoms with Gasteiger partial charge in [-0.1, -0.05) is 77.1 Å². The molecule has 0 spiro atoms. The summed E-state index contributed by atoms with van der Waals surface area (Å²) in [6.07, 6.45) is -1.24. The van der Waals surface area contributed by atoms with Crippen molar-refractivity contribution < 1.29 is 32.4 Å². The number of aliphatic hydroxyl groups excluding tert-OH is 1. The Hall–Kier alpha value is -4.24. The topological polar surface area (TPSA) is 171 Å². The molecule has 0 radical (unpaired) electrons. The molecule has 0 aliphatic carbocycles. The number of halogens is 1. The molecule has 3 aromatic rings. The summed E-state index contributed by atoms with van der Waals surface area (Å²) < 4.78 is 42.1. The number of nitro groups is 1. The molecule has 0 aromatic heterocycles. The van der Waals surface area contributed by atoms with Gasteiger partial charge in [-0.2, -0.15) is 4.31 Å². The van der Waals surface area contributed by atoms with E-state index in [1.807, 2.05) is 32.0 Å². The molecule has 14 heteroatoms. The molecule has 2 unspecified atom stereocenters. The molecule has 49 heavy (non-hydrogen) atoms. The Labute approximate surface area is 287 Å². The monoisotopic (exact) mass is 699 g/mol. The fraction of sp³-hybridized carbons (Fsp3) is 0.429. The summed E-state index contributed by atoms with van der Waals surface area (Å²) in [6, 6.07) is 17.6. The molecule has 0 aliphatic rings. The number of hydrogen-bond donors (Lipinski definition) is 4. The molecule has 3 aromatic carbocycles. The highest BCUT2D eigenvalue weighted by Gasteiger charge is 2.36. The quantitative estimate of drug-likeness (QED) is 0.122. The van der Waals surface area contributed by atoms with Gasteiger partial charge in [0.25, 0.3) is 5.69 Å². The standard InChI is InChI=1S/C35H46FN5O7S/c1-24(2)22-40(49(47,48)29-16-14-28(15-17-29)41(45)46)23-31(42)30(19-25-10-7-6-8-11-25)38-34(44)33(35(3,4)5)39-32(43)21-37-20-26-12-9-13-27(36)18-26/h6-18,24,30-31,33,37,42H,19-23H2,1-5H3,(H,38,44)(H,39,43)/t30?,31?,33-/m1/s1. The maximum Gasteiger partial charge on any atom is 0.269 e. The van der Waals surface area contributed by atoms with Crippen molar-refractivity contribution in [1.82, 2.24) is 20.3 Å². The van der Waals surface area contributed by atoms with E-state index in [0.717, 1.165) is 34.1 Å². The predicted octanol–water partition coefficient (Wildman–Crippen LogP) is 3.79. The number of carbonyl (C=O) groups is 2. The highest BCUT2D eigenvalue weighted by Crippen LogP contribution is 2.23. The van der Waals surface area contributed by atoms with Crippen LogP contribution in [0.15, 0.2) is 83.8 Å². The minimum Gasteiger partial charge on any atom is -0.390 e. The number of non-ortho nitro benzene ring substituents is 1. The van der Waals surface area contributed by atoms with Crippen LogP contribution in [0.25, 0.3) is 0 Å². The number of hydrogen-bond acceptors (Lipinski definition) is 8. The minimum atomic E-state index is -4.20. The summed E-state index contributed by atoms with van der Waals surface area (Å²) in [5.41, 5.74) is 0.409. The Morgan fingerprint density at radius 3 is 2.14 bits per heavy atom. The van der Waals surface area contributed by atoms with Gasteiger partial charge < -0.3 is 21.1 Å². The molecule has 2 amide bonds. The number of amides is 2. The first-order valence-corrected chi connectivity index (χ1v) is 17.4. The van der Waals surface area contributed by atoms with E-state index in [-0.39, 0.29) is 49.1 Å². The summed E-state index contributed by atoms with van der Waals surface area (Å²) in [4.78, 5) is 37.1. The Morgan fingerprint density at radius 2 is 1.57 bits per heavy atom. The lowest BCUT2D eigenvalue weighted by molar-refractivity contribution is -0.384. The van der Waals surface area contributed by atoms with Gasteiger partial charge in [-0.15, -0.1) is 0 Å². The summed E-state index contributed by atoms with van der Waals surface area (Å²) in [6.45, 7) is 8.72. The number of benzene rings is 3. The van der Waals surface area contributed by atoms with Crippen molar-refractivity contribution in [2.24, 2.45) is 11.3 Å². The fourth-order valence-corrected chi connectivity index (χ4v) is 6.80. The van der Waals surface area contributed by atoms with Crippen molar-refractivity contribution in [3.8, 4) is 0 Å². The van der Waals surface area contributed by atoms with Gasteiger partial charge in [0, 0.05) is 31.8 Å². The molecule has 0 fully saturated rings. The van der Waals surface area contributed by atoms with Crippen LogP contribution in [0.3, 0.4) is 0 Å². The first kappa shape index (κ1) is 39.2. The van der Waals surface area contributed by atoms with Gasteiger partial charge >= 0.3 is 0 Å². The van der Waals surface area contributed by atoms with E-state index in [9.17, 15) is 37.6 Å². The Balaban J connectivity index is 1.82. The molecule has 3 atom stereocenters. The van der Waals surface area contributed by atoms with Gasteiger partial charge in [0.15, 0.2) is 0 Å². The van der Waals surface area contributed by atoms with Crippen LogP contribution >= 0.6 is 0 Å². The molecule has 0 bridgehead atoms. The lowest BCUT2D eigenvalue weighted by atomic mass is 9.85. The number of sulfonamides is 1. The molecular formula is C35H46FN5O7S. The Kier molecular flexibility index (Phi) is 13.9. The largest absolute Gasteiger partial charge is 0.390 e. The normalized spacial score (nSPS) is 13.9. The second-order valence-electron chi connectivity index (χ2n) is 13.4. The molecule has 0 aliphatic heterocycles. The number of rotatable bonds is 17. The lowest BCUT2D eigenvalue weighted by Gasteiger charge is -2.34. The van der Waals surface area contributed by atoms with Crippen molar-refractivity contribution in [2.75, 3.05) is 19.6 Å². The van der Waals surface area contributed by atoms with E-state index in [1.165, 1.54) is 12.1 Å². The first-order valence-electron chi connectivity index (χ1n) is 16.0. The van der Waals surface area contributed by atoms with Gasteiger partial charge in [0.2, 0.25) is 21.8 Å². The van der Waals surface area contributed by atoms with Gasteiger partial charge in [0.05, 0.1) is 28.5 Å². The predicted molar refractivity (Wildman–Crippen MR) is 184 cm³/mol. The Bertz CT molecular complexity index is 1670.